The van der Waals surface area contributed by atoms with Gasteiger partial charge >= 0.3 is 5.97 Å². The fourth-order valence-electron chi connectivity index (χ4n) is 1.50. The summed E-state index contributed by atoms with van der Waals surface area (Å²) in [6.07, 6.45) is 0.497. The Morgan fingerprint density at radius 2 is 2.17 bits per heavy atom. The van der Waals surface area contributed by atoms with E-state index in [1.807, 2.05) is 31.2 Å². The van der Waals surface area contributed by atoms with Crippen molar-refractivity contribution in [1.29, 1.82) is 0 Å². The molecule has 0 amide bonds. The number of hydrogen-bond donors (Lipinski definition) is 0. The molecule has 0 saturated heterocycles. The molecule has 1 aromatic carbocycles. The van der Waals surface area contributed by atoms with E-state index >= 15 is 0 Å². The van der Waals surface area contributed by atoms with Crippen LogP contribution in [0.25, 0.3) is 0 Å². The van der Waals surface area contributed by atoms with Crippen LogP contribution in [0.3, 0.4) is 0 Å². The fourth-order valence-corrected chi connectivity index (χ4v) is 1.50. The molecule has 0 saturated carbocycles. The Hall–Kier alpha value is -1.31. The molecular formula is C10H10O2. The van der Waals surface area contributed by atoms with Crippen LogP contribution < -0.4 is 4.74 Å². The summed E-state index contributed by atoms with van der Waals surface area (Å²) < 4.78 is 5.06. The maximum atomic E-state index is 11.0. The lowest BCUT2D eigenvalue weighted by Crippen LogP contribution is -2.18. The highest BCUT2D eigenvalue weighted by atomic mass is 16.5. The molecule has 12 heavy (non-hydrogen) atoms. The van der Waals surface area contributed by atoms with Crippen LogP contribution >= 0.6 is 0 Å². The fraction of sp³-hybridized carbons (Fsp3) is 0.300. The largest absolute Gasteiger partial charge is 0.426 e. The summed E-state index contributed by atoms with van der Waals surface area (Å²) in [5, 5.41) is 0. The van der Waals surface area contributed by atoms with E-state index in [9.17, 15) is 4.79 Å². The lowest BCUT2D eigenvalue weighted by atomic mass is 9.95. The number of benzene rings is 1. The van der Waals surface area contributed by atoms with Crippen LogP contribution in [0.1, 0.15) is 24.8 Å². The zero-order chi connectivity index (χ0) is 8.55. The van der Waals surface area contributed by atoms with Gasteiger partial charge in [-0.05, 0) is 17.5 Å². The first-order valence-electron chi connectivity index (χ1n) is 4.07. The van der Waals surface area contributed by atoms with Crippen LogP contribution in [0.4, 0.5) is 0 Å². The average molecular weight is 162 g/mol. The second-order valence-electron chi connectivity index (χ2n) is 3.12. The topological polar surface area (TPSA) is 26.3 Å². The second-order valence-corrected chi connectivity index (χ2v) is 3.12. The van der Waals surface area contributed by atoms with Gasteiger partial charge in [0.2, 0.25) is 0 Å². The summed E-state index contributed by atoms with van der Waals surface area (Å²) in [5.74, 6) is 0.893. The van der Waals surface area contributed by atoms with E-state index in [1.54, 1.807) is 0 Å². The van der Waals surface area contributed by atoms with Gasteiger partial charge in [0.05, 0.1) is 6.42 Å². The van der Waals surface area contributed by atoms with Crippen molar-refractivity contribution >= 4 is 5.97 Å². The molecule has 0 aromatic heterocycles. The van der Waals surface area contributed by atoms with Crippen LogP contribution in [0.2, 0.25) is 0 Å². The Morgan fingerprint density at radius 1 is 1.42 bits per heavy atom. The molecule has 1 aliphatic rings. The average Bonchev–Trinajstić information content (AvgIpc) is 2.04. The molecule has 2 nitrogen and oxygen atoms in total. The molecule has 0 aliphatic carbocycles. The van der Waals surface area contributed by atoms with Crippen molar-refractivity contribution in [2.45, 2.75) is 19.3 Å². The van der Waals surface area contributed by atoms with E-state index in [1.165, 1.54) is 0 Å². The van der Waals surface area contributed by atoms with Gasteiger partial charge < -0.3 is 4.74 Å². The third-order valence-corrected chi connectivity index (χ3v) is 2.15. The Bertz CT molecular complexity index is 317. The molecule has 0 spiro atoms. The molecule has 1 atom stereocenters. The highest BCUT2D eigenvalue weighted by Gasteiger charge is 2.22. The number of carbonyl (C=O) groups excluding carboxylic acids is 1. The number of carbonyl (C=O) groups is 1. The summed E-state index contributed by atoms with van der Waals surface area (Å²) >= 11 is 0. The zero-order valence-corrected chi connectivity index (χ0v) is 6.91. The summed E-state index contributed by atoms with van der Waals surface area (Å²) in [4.78, 5) is 11.0. The van der Waals surface area contributed by atoms with Gasteiger partial charge in [0, 0.05) is 0 Å². The molecule has 0 N–H and O–H groups in total. The molecule has 1 heterocycles. The summed E-state index contributed by atoms with van der Waals surface area (Å²) in [6, 6.07) is 7.69. The molecule has 1 aliphatic heterocycles. The van der Waals surface area contributed by atoms with Crippen LogP contribution in [0, 0.1) is 0 Å². The SMILES string of the molecule is C[C@@H]1CC(=O)Oc2ccccc21. The highest BCUT2D eigenvalue weighted by Crippen LogP contribution is 2.32. The maximum Gasteiger partial charge on any atom is 0.311 e. The van der Waals surface area contributed by atoms with Crippen molar-refractivity contribution in [2.24, 2.45) is 0 Å². The van der Waals surface area contributed by atoms with Crippen LogP contribution in [-0.4, -0.2) is 5.97 Å². The Kier molecular flexibility index (Phi) is 1.61. The quantitative estimate of drug-likeness (QED) is 0.431. The third-order valence-electron chi connectivity index (χ3n) is 2.15. The Balaban J connectivity index is 2.47. The Morgan fingerprint density at radius 3 is 3.00 bits per heavy atom. The van der Waals surface area contributed by atoms with Crippen molar-refractivity contribution < 1.29 is 9.53 Å². The lowest BCUT2D eigenvalue weighted by molar-refractivity contribution is -0.135. The molecule has 0 fully saturated rings. The van der Waals surface area contributed by atoms with Crippen molar-refractivity contribution in [1.82, 2.24) is 0 Å². The number of para-hydroxylation sites is 1. The standard InChI is InChI=1S/C10H10O2/c1-7-6-10(11)12-9-5-3-2-4-8(7)9/h2-5,7H,6H2,1H3/t7-/m1/s1. The summed E-state index contributed by atoms with van der Waals surface area (Å²) in [7, 11) is 0. The van der Waals surface area contributed by atoms with Crippen molar-refractivity contribution in [3.8, 4) is 5.75 Å². The predicted molar refractivity (Wildman–Crippen MR) is 45.1 cm³/mol. The molecule has 62 valence electrons. The maximum absolute atomic E-state index is 11.0. The van der Waals surface area contributed by atoms with Crippen molar-refractivity contribution in [2.75, 3.05) is 0 Å². The third kappa shape index (κ3) is 1.09. The molecule has 2 rings (SSSR count). The van der Waals surface area contributed by atoms with Crippen molar-refractivity contribution in [3.63, 3.8) is 0 Å². The van der Waals surface area contributed by atoms with Gasteiger partial charge in [0.15, 0.2) is 0 Å². The first kappa shape index (κ1) is 7.35. The highest BCUT2D eigenvalue weighted by molar-refractivity contribution is 5.76. The number of hydrogen-bond acceptors (Lipinski definition) is 2. The van der Waals surface area contributed by atoms with E-state index in [4.69, 9.17) is 4.74 Å². The second kappa shape index (κ2) is 2.63. The minimum atomic E-state index is -0.124. The van der Waals surface area contributed by atoms with Gasteiger partial charge in [0.1, 0.15) is 5.75 Å². The van der Waals surface area contributed by atoms with E-state index < -0.39 is 0 Å². The number of ether oxygens (including phenoxy) is 1. The number of fused-ring (bicyclic) bond motifs is 1. The van der Waals surface area contributed by atoms with E-state index in [0.717, 1.165) is 11.3 Å². The zero-order valence-electron chi connectivity index (χ0n) is 6.91. The van der Waals surface area contributed by atoms with Gasteiger partial charge in [-0.2, -0.15) is 0 Å². The van der Waals surface area contributed by atoms with Gasteiger partial charge in [-0.15, -0.1) is 0 Å². The lowest BCUT2D eigenvalue weighted by Gasteiger charge is -2.20. The number of rotatable bonds is 0. The van der Waals surface area contributed by atoms with Gasteiger partial charge in [-0.3, -0.25) is 4.79 Å². The predicted octanol–water partition coefficient (Wildman–Crippen LogP) is 2.10. The first-order chi connectivity index (χ1) is 5.77. The monoisotopic (exact) mass is 162 g/mol. The summed E-state index contributed by atoms with van der Waals surface area (Å²) in [5.41, 5.74) is 1.14. The molecule has 2 heteroatoms. The molecule has 0 unspecified atom stereocenters. The van der Waals surface area contributed by atoms with Gasteiger partial charge in [-0.25, -0.2) is 0 Å². The number of esters is 1. The Labute approximate surface area is 71.2 Å². The van der Waals surface area contributed by atoms with Gasteiger partial charge in [-0.1, -0.05) is 25.1 Å². The van der Waals surface area contributed by atoms with Crippen molar-refractivity contribution in [3.05, 3.63) is 29.8 Å². The van der Waals surface area contributed by atoms with E-state index in [-0.39, 0.29) is 5.97 Å². The molecule has 0 radical (unpaired) electrons. The first-order valence-corrected chi connectivity index (χ1v) is 4.07. The summed E-state index contributed by atoms with van der Waals surface area (Å²) in [6.45, 7) is 2.04. The minimum absolute atomic E-state index is 0.124. The van der Waals surface area contributed by atoms with Crippen LogP contribution in [-0.2, 0) is 4.79 Å². The molecular weight excluding hydrogens is 152 g/mol. The molecule has 1 aromatic rings. The molecule has 0 bridgehead atoms. The smallest absolute Gasteiger partial charge is 0.311 e. The normalized spacial score (nSPS) is 21.4. The minimum Gasteiger partial charge on any atom is -0.426 e. The van der Waals surface area contributed by atoms with Gasteiger partial charge in [0.25, 0.3) is 0 Å². The van der Waals surface area contributed by atoms with E-state index in [2.05, 4.69) is 0 Å². The van der Waals surface area contributed by atoms with Crippen LogP contribution in [0.15, 0.2) is 24.3 Å². The van der Waals surface area contributed by atoms with E-state index in [0.29, 0.717) is 12.3 Å². The van der Waals surface area contributed by atoms with Crippen LogP contribution in [0.5, 0.6) is 5.75 Å².